The summed E-state index contributed by atoms with van der Waals surface area (Å²) < 4.78 is 18.0. The van der Waals surface area contributed by atoms with Gasteiger partial charge in [0.25, 0.3) is 5.91 Å². The zero-order chi connectivity index (χ0) is 32.3. The van der Waals surface area contributed by atoms with Gasteiger partial charge in [0.15, 0.2) is 0 Å². The van der Waals surface area contributed by atoms with Gasteiger partial charge in [-0.25, -0.2) is 4.79 Å². The Morgan fingerprint density at radius 2 is 1.84 bits per heavy atom. The predicted molar refractivity (Wildman–Crippen MR) is 164 cm³/mol. The van der Waals surface area contributed by atoms with Crippen LogP contribution in [-0.2, 0) is 35.7 Å². The lowest BCUT2D eigenvalue weighted by molar-refractivity contribution is -0.143. The summed E-state index contributed by atoms with van der Waals surface area (Å²) in [6.07, 6.45) is 4.81. The van der Waals surface area contributed by atoms with Gasteiger partial charge >= 0.3 is 6.03 Å². The topological polar surface area (TPSA) is 181 Å². The molecule has 0 saturated carbocycles. The molecule has 2 rings (SSSR count). The summed E-state index contributed by atoms with van der Waals surface area (Å²) in [5.74, 6) is -1.83. The van der Waals surface area contributed by atoms with Crippen molar-refractivity contribution in [3.8, 4) is 0 Å². The lowest BCUT2D eigenvalue weighted by Crippen LogP contribution is -2.60. The SMILES string of the molecule is CCCC(CS(=O)Cc1ccco1)NC(=O)NC(C(=O)N1CCC[C@H]1C(=O)NC(CC(C)CC)C(=O)C(N)=O)C(C)(C)C. The van der Waals surface area contributed by atoms with E-state index < -0.39 is 63.9 Å². The second-order valence-electron chi connectivity index (χ2n) is 12.5. The summed E-state index contributed by atoms with van der Waals surface area (Å²) in [6.45, 7) is 11.6. The number of hydrogen-bond donors (Lipinski definition) is 4. The Morgan fingerprint density at radius 1 is 1.14 bits per heavy atom. The molecule has 1 aliphatic rings. The van der Waals surface area contributed by atoms with Crippen LogP contribution in [0.5, 0.6) is 0 Å². The van der Waals surface area contributed by atoms with Crippen LogP contribution in [0.1, 0.15) is 85.8 Å². The van der Waals surface area contributed by atoms with Gasteiger partial charge in [0.05, 0.1) is 18.1 Å². The first kappa shape index (κ1) is 36.0. The second kappa shape index (κ2) is 16.6. The fourth-order valence-electron chi connectivity index (χ4n) is 5.10. The molecule has 0 bridgehead atoms. The zero-order valence-corrected chi connectivity index (χ0v) is 27.1. The van der Waals surface area contributed by atoms with E-state index in [1.54, 1.807) is 12.1 Å². The molecule has 12 nitrogen and oxygen atoms in total. The van der Waals surface area contributed by atoms with Crippen molar-refractivity contribution in [2.24, 2.45) is 17.1 Å². The van der Waals surface area contributed by atoms with Gasteiger partial charge in [-0.15, -0.1) is 0 Å². The zero-order valence-electron chi connectivity index (χ0n) is 26.3. The maximum Gasteiger partial charge on any atom is 0.315 e. The number of primary amides is 1. The summed E-state index contributed by atoms with van der Waals surface area (Å²) in [6, 6.07) is -0.381. The van der Waals surface area contributed by atoms with E-state index in [4.69, 9.17) is 10.2 Å². The van der Waals surface area contributed by atoms with Crippen molar-refractivity contribution in [3.05, 3.63) is 24.2 Å². The molecule has 0 spiro atoms. The second-order valence-corrected chi connectivity index (χ2v) is 14.0. The number of carbonyl (C=O) groups excluding carboxylic acids is 5. The molecular weight excluding hydrogens is 574 g/mol. The molecule has 0 radical (unpaired) electrons. The van der Waals surface area contributed by atoms with Gasteiger partial charge < -0.3 is 31.0 Å². The lowest BCUT2D eigenvalue weighted by Gasteiger charge is -2.36. The summed E-state index contributed by atoms with van der Waals surface area (Å²) in [4.78, 5) is 65.9. The van der Waals surface area contributed by atoms with E-state index in [1.165, 1.54) is 11.2 Å². The number of hydrogen-bond acceptors (Lipinski definition) is 7. The van der Waals surface area contributed by atoms with Gasteiger partial charge in [-0.05, 0) is 49.1 Å². The Bertz CT molecular complexity index is 1130. The van der Waals surface area contributed by atoms with Crippen molar-refractivity contribution in [2.45, 2.75) is 110 Å². The van der Waals surface area contributed by atoms with Gasteiger partial charge in [0.2, 0.25) is 17.6 Å². The van der Waals surface area contributed by atoms with Crippen LogP contribution in [0.3, 0.4) is 0 Å². The van der Waals surface area contributed by atoms with Crippen molar-refractivity contribution in [3.63, 3.8) is 0 Å². The maximum absolute atomic E-state index is 13.9. The van der Waals surface area contributed by atoms with Crippen LogP contribution in [0.15, 0.2) is 22.8 Å². The standard InChI is InChI=1S/C30H49N5O7S/c1-7-11-20(17-43(41)18-21-12-10-15-42-21)32-29(40)34-25(30(4,5)6)28(39)35-14-9-13-23(35)27(38)33-22(16-19(3)8-2)24(36)26(31)37/h10,12,15,19-20,22-23,25H,7-9,11,13-14,16-18H2,1-6H3,(H2,31,37)(H,33,38)(H2,32,34,40)/t19?,20?,22?,23-,25?,43?/m0/s1. The third kappa shape index (κ3) is 11.1. The molecule has 1 aromatic heterocycles. The van der Waals surface area contributed by atoms with Crippen LogP contribution in [0.25, 0.3) is 0 Å². The van der Waals surface area contributed by atoms with E-state index in [-0.39, 0.29) is 29.9 Å². The third-order valence-corrected chi connectivity index (χ3v) is 9.06. The quantitative estimate of drug-likeness (QED) is 0.204. The fourth-order valence-corrected chi connectivity index (χ4v) is 6.40. The highest BCUT2D eigenvalue weighted by atomic mass is 32.2. The van der Waals surface area contributed by atoms with Crippen LogP contribution in [-0.4, -0.2) is 75.1 Å². The molecule has 0 aliphatic carbocycles. The molecular formula is C30H49N5O7S. The maximum atomic E-state index is 13.9. The van der Waals surface area contributed by atoms with Crippen molar-refractivity contribution >= 4 is 40.3 Å². The largest absolute Gasteiger partial charge is 0.468 e. The molecule has 2 heterocycles. The molecule has 5 N–H and O–H groups in total. The summed E-state index contributed by atoms with van der Waals surface area (Å²) >= 11 is 0. The highest BCUT2D eigenvalue weighted by Crippen LogP contribution is 2.26. The number of nitrogens with one attached hydrogen (secondary N) is 3. The molecule has 1 fully saturated rings. The van der Waals surface area contributed by atoms with Crippen molar-refractivity contribution in [2.75, 3.05) is 12.3 Å². The number of rotatable bonds is 16. The van der Waals surface area contributed by atoms with Gasteiger partial charge in [0, 0.05) is 29.1 Å². The molecule has 13 heteroatoms. The van der Waals surface area contributed by atoms with E-state index in [0.29, 0.717) is 31.6 Å². The Morgan fingerprint density at radius 3 is 2.40 bits per heavy atom. The molecule has 5 unspecified atom stereocenters. The highest BCUT2D eigenvalue weighted by molar-refractivity contribution is 7.84. The van der Waals surface area contributed by atoms with Crippen molar-refractivity contribution in [1.82, 2.24) is 20.9 Å². The minimum absolute atomic E-state index is 0.0574. The van der Waals surface area contributed by atoms with Gasteiger partial charge in [-0.3, -0.25) is 23.4 Å². The minimum Gasteiger partial charge on any atom is -0.468 e. The number of urea groups is 1. The Hall–Kier alpha value is -3.22. The van der Waals surface area contributed by atoms with E-state index in [2.05, 4.69) is 16.0 Å². The molecule has 242 valence electrons. The predicted octanol–water partition coefficient (Wildman–Crippen LogP) is 2.38. The molecule has 6 atom stereocenters. The first-order valence-electron chi connectivity index (χ1n) is 15.1. The number of nitrogens with zero attached hydrogens (tertiary/aromatic N) is 1. The van der Waals surface area contributed by atoms with Gasteiger partial charge in [-0.1, -0.05) is 54.4 Å². The Labute approximate surface area is 257 Å². The average Bonchev–Trinajstić information content (AvgIpc) is 3.62. The number of amides is 5. The molecule has 43 heavy (non-hydrogen) atoms. The lowest BCUT2D eigenvalue weighted by atomic mass is 9.85. The van der Waals surface area contributed by atoms with E-state index in [9.17, 15) is 28.2 Å². The number of Topliss-reactive ketones (excluding diaryl/α,β-unsaturated/α-hetero) is 1. The van der Waals surface area contributed by atoms with Crippen LogP contribution in [0.4, 0.5) is 4.79 Å². The van der Waals surface area contributed by atoms with E-state index >= 15 is 0 Å². The average molecular weight is 624 g/mol. The van der Waals surface area contributed by atoms with Gasteiger partial charge in [-0.2, -0.15) is 0 Å². The number of likely N-dealkylation sites (tertiary alicyclic amines) is 1. The van der Waals surface area contributed by atoms with E-state index in [1.807, 2.05) is 41.5 Å². The first-order chi connectivity index (χ1) is 20.2. The van der Waals surface area contributed by atoms with Gasteiger partial charge in [0.1, 0.15) is 17.8 Å². The molecule has 1 aliphatic heterocycles. The number of ketones is 1. The fraction of sp³-hybridized carbons (Fsp3) is 0.700. The highest BCUT2D eigenvalue weighted by Gasteiger charge is 2.43. The summed E-state index contributed by atoms with van der Waals surface area (Å²) in [5.41, 5.74) is 4.52. The third-order valence-electron chi connectivity index (χ3n) is 7.68. The van der Waals surface area contributed by atoms with Crippen molar-refractivity contribution < 1.29 is 32.6 Å². The minimum atomic E-state index is -1.27. The number of carbonyl (C=O) groups is 5. The Kier molecular flexibility index (Phi) is 13.9. The smallest absolute Gasteiger partial charge is 0.315 e. The van der Waals surface area contributed by atoms with E-state index in [0.717, 1.165) is 12.8 Å². The molecule has 1 saturated heterocycles. The summed E-state index contributed by atoms with van der Waals surface area (Å²) in [7, 11) is -1.27. The Balaban J connectivity index is 2.13. The molecule has 1 aromatic rings. The van der Waals surface area contributed by atoms with Crippen LogP contribution < -0.4 is 21.7 Å². The molecule has 0 aromatic carbocycles. The van der Waals surface area contributed by atoms with Crippen LogP contribution >= 0.6 is 0 Å². The molecule has 5 amide bonds. The number of nitrogens with two attached hydrogens (primary N) is 1. The first-order valence-corrected chi connectivity index (χ1v) is 16.5. The van der Waals surface area contributed by atoms with Crippen molar-refractivity contribution in [1.29, 1.82) is 0 Å². The number of furan rings is 1. The summed E-state index contributed by atoms with van der Waals surface area (Å²) in [5, 5.41) is 8.35. The van der Waals surface area contributed by atoms with Crippen LogP contribution in [0, 0.1) is 11.3 Å². The normalized spacial score (nSPS) is 18.7. The van der Waals surface area contributed by atoms with Crippen LogP contribution in [0.2, 0.25) is 0 Å². The monoisotopic (exact) mass is 623 g/mol.